The van der Waals surface area contributed by atoms with E-state index in [4.69, 9.17) is 4.74 Å². The van der Waals surface area contributed by atoms with E-state index in [-0.39, 0.29) is 11.5 Å². The summed E-state index contributed by atoms with van der Waals surface area (Å²) in [6, 6.07) is 0.662. The van der Waals surface area contributed by atoms with Crippen molar-refractivity contribution in [3.63, 3.8) is 0 Å². The number of aliphatic hydroxyl groups excluding tert-OH is 1. The second kappa shape index (κ2) is 6.65. The van der Waals surface area contributed by atoms with E-state index in [0.717, 1.165) is 12.5 Å². The van der Waals surface area contributed by atoms with Gasteiger partial charge < -0.3 is 14.7 Å². The molecule has 3 heteroatoms. The van der Waals surface area contributed by atoms with Crippen molar-refractivity contribution in [1.82, 2.24) is 4.90 Å². The van der Waals surface area contributed by atoms with Crippen molar-refractivity contribution in [1.29, 1.82) is 0 Å². The maximum atomic E-state index is 10.5. The fourth-order valence-electron chi connectivity index (χ4n) is 5.94. The summed E-state index contributed by atoms with van der Waals surface area (Å²) in [5.41, 5.74) is 0.602. The van der Waals surface area contributed by atoms with E-state index in [1.807, 2.05) is 0 Å². The lowest BCUT2D eigenvalue weighted by Crippen LogP contribution is -2.45. The number of aliphatic hydroxyl groups is 1. The van der Waals surface area contributed by atoms with Crippen LogP contribution >= 0.6 is 0 Å². The zero-order chi connectivity index (χ0) is 16.7. The third-order valence-electron chi connectivity index (χ3n) is 7.29. The summed E-state index contributed by atoms with van der Waals surface area (Å²) in [4.78, 5) is 2.36. The minimum atomic E-state index is -0.361. The van der Waals surface area contributed by atoms with Crippen molar-refractivity contribution in [2.24, 2.45) is 16.7 Å². The van der Waals surface area contributed by atoms with Crippen LogP contribution in [0.1, 0.15) is 72.1 Å². The second-order valence-corrected chi connectivity index (χ2v) is 9.51. The molecule has 0 aromatic rings. The molecule has 3 fully saturated rings. The first-order valence-electron chi connectivity index (χ1n) is 9.83. The Morgan fingerprint density at radius 1 is 1.13 bits per heavy atom. The predicted molar refractivity (Wildman–Crippen MR) is 94.5 cm³/mol. The standard InChI is InChI=1S/C20H37NO2/c1-19(2)15-10-11-20(3,12-15)18(19)23-14-17(22)13-21(4)16-8-6-5-7-9-16/h15-18,22H,5-14H2,1-4H3/t15-,17+,18+,20-/m0/s1. The molecule has 3 saturated carbocycles. The van der Waals surface area contributed by atoms with E-state index in [1.54, 1.807) is 0 Å². The third-order valence-corrected chi connectivity index (χ3v) is 7.29. The average Bonchev–Trinajstić information content (AvgIpc) is 2.98. The first-order chi connectivity index (χ1) is 10.8. The van der Waals surface area contributed by atoms with E-state index < -0.39 is 0 Å². The summed E-state index contributed by atoms with van der Waals surface area (Å²) in [6.45, 7) is 8.37. The molecule has 23 heavy (non-hydrogen) atoms. The smallest absolute Gasteiger partial charge is 0.0900 e. The maximum Gasteiger partial charge on any atom is 0.0900 e. The van der Waals surface area contributed by atoms with Crippen LogP contribution in [0.3, 0.4) is 0 Å². The van der Waals surface area contributed by atoms with Crippen LogP contribution < -0.4 is 0 Å². The van der Waals surface area contributed by atoms with E-state index in [2.05, 4.69) is 32.7 Å². The minimum absolute atomic E-state index is 0.266. The highest BCUT2D eigenvalue weighted by atomic mass is 16.5. The van der Waals surface area contributed by atoms with Crippen molar-refractivity contribution < 1.29 is 9.84 Å². The highest BCUT2D eigenvalue weighted by Crippen LogP contribution is 2.63. The van der Waals surface area contributed by atoms with Gasteiger partial charge in [0.25, 0.3) is 0 Å². The lowest BCUT2D eigenvalue weighted by atomic mass is 9.70. The van der Waals surface area contributed by atoms with Gasteiger partial charge in [-0.3, -0.25) is 0 Å². The largest absolute Gasteiger partial charge is 0.389 e. The van der Waals surface area contributed by atoms with Gasteiger partial charge in [0, 0.05) is 12.6 Å². The topological polar surface area (TPSA) is 32.7 Å². The van der Waals surface area contributed by atoms with E-state index >= 15 is 0 Å². The molecular formula is C20H37NO2. The molecule has 3 nitrogen and oxygen atoms in total. The van der Waals surface area contributed by atoms with Crippen molar-refractivity contribution in [2.45, 2.75) is 90.4 Å². The van der Waals surface area contributed by atoms with Crippen molar-refractivity contribution in [3.8, 4) is 0 Å². The molecule has 134 valence electrons. The summed E-state index contributed by atoms with van der Waals surface area (Å²) in [5.74, 6) is 0.805. The number of nitrogens with zero attached hydrogens (tertiary/aromatic N) is 1. The number of ether oxygens (including phenoxy) is 1. The van der Waals surface area contributed by atoms with Crippen LogP contribution in [0, 0.1) is 16.7 Å². The summed E-state index contributed by atoms with van der Waals surface area (Å²) in [7, 11) is 2.17. The molecule has 0 heterocycles. The van der Waals surface area contributed by atoms with Crippen LogP contribution in [0.4, 0.5) is 0 Å². The van der Waals surface area contributed by atoms with Gasteiger partial charge in [0.05, 0.1) is 18.8 Å². The highest BCUT2D eigenvalue weighted by Gasteiger charge is 2.60. The molecule has 1 N–H and O–H groups in total. The molecule has 0 radical (unpaired) electrons. The number of hydrogen-bond acceptors (Lipinski definition) is 3. The molecule has 0 unspecified atom stereocenters. The van der Waals surface area contributed by atoms with Crippen molar-refractivity contribution in [2.75, 3.05) is 20.2 Å². The third kappa shape index (κ3) is 3.48. The van der Waals surface area contributed by atoms with Gasteiger partial charge >= 0.3 is 0 Å². The molecule has 3 aliphatic carbocycles. The first-order valence-corrected chi connectivity index (χ1v) is 9.83. The van der Waals surface area contributed by atoms with E-state index in [9.17, 15) is 5.11 Å². The molecule has 3 rings (SSSR count). The molecule has 3 aliphatic rings. The molecule has 0 aliphatic heterocycles. The molecule has 0 saturated heterocycles. The van der Waals surface area contributed by atoms with Crippen LogP contribution in [-0.4, -0.2) is 48.5 Å². The van der Waals surface area contributed by atoms with Gasteiger partial charge in [-0.25, -0.2) is 0 Å². The Morgan fingerprint density at radius 2 is 1.83 bits per heavy atom. The van der Waals surface area contributed by atoms with Gasteiger partial charge in [-0.05, 0) is 55.9 Å². The molecule has 0 amide bonds. The lowest BCUT2D eigenvalue weighted by molar-refractivity contribution is -0.114. The van der Waals surface area contributed by atoms with Gasteiger partial charge in [-0.15, -0.1) is 0 Å². The van der Waals surface area contributed by atoms with Crippen molar-refractivity contribution in [3.05, 3.63) is 0 Å². The Morgan fingerprint density at radius 3 is 2.43 bits per heavy atom. The summed E-state index contributed by atoms with van der Waals surface area (Å²) < 4.78 is 6.33. The molecule has 0 spiro atoms. The summed E-state index contributed by atoms with van der Waals surface area (Å²) >= 11 is 0. The van der Waals surface area contributed by atoms with Gasteiger partial charge in [-0.1, -0.05) is 40.0 Å². The molecule has 0 aromatic heterocycles. The molecule has 2 bridgehead atoms. The van der Waals surface area contributed by atoms with E-state index in [0.29, 0.717) is 24.2 Å². The fourth-order valence-corrected chi connectivity index (χ4v) is 5.94. The van der Waals surface area contributed by atoms with Gasteiger partial charge in [0.2, 0.25) is 0 Å². The SMILES string of the molecule is CN(C[C@@H](O)CO[C@@H]1C(C)(C)[C@H]2CC[C@@]1(C)C2)C1CCCCC1. The fraction of sp³-hybridized carbons (Fsp3) is 1.00. The van der Waals surface area contributed by atoms with Gasteiger partial charge in [-0.2, -0.15) is 0 Å². The Bertz CT molecular complexity index is 400. The van der Waals surface area contributed by atoms with E-state index in [1.165, 1.54) is 51.4 Å². The Hall–Kier alpha value is -0.120. The quantitative estimate of drug-likeness (QED) is 0.806. The highest BCUT2D eigenvalue weighted by molar-refractivity contribution is 5.09. The lowest BCUT2D eigenvalue weighted by Gasteiger charge is -2.43. The van der Waals surface area contributed by atoms with Gasteiger partial charge in [0.1, 0.15) is 0 Å². The number of rotatable bonds is 6. The first kappa shape index (κ1) is 17.7. The maximum absolute atomic E-state index is 10.5. The predicted octanol–water partition coefficient (Wildman–Crippen LogP) is 3.84. The van der Waals surface area contributed by atoms with Crippen LogP contribution in [0.2, 0.25) is 0 Å². The second-order valence-electron chi connectivity index (χ2n) is 9.51. The number of likely N-dealkylation sites (N-methyl/N-ethyl adjacent to an activating group) is 1. The van der Waals surface area contributed by atoms with Gasteiger partial charge in [0.15, 0.2) is 0 Å². The van der Waals surface area contributed by atoms with Crippen LogP contribution in [-0.2, 0) is 4.74 Å². The number of hydrogen-bond donors (Lipinski definition) is 1. The molecule has 4 atom stereocenters. The summed E-state index contributed by atoms with van der Waals surface area (Å²) in [6.07, 6.45) is 10.6. The van der Waals surface area contributed by atoms with Crippen LogP contribution in [0.15, 0.2) is 0 Å². The van der Waals surface area contributed by atoms with Crippen LogP contribution in [0.5, 0.6) is 0 Å². The average molecular weight is 324 g/mol. The minimum Gasteiger partial charge on any atom is -0.389 e. The molecular weight excluding hydrogens is 286 g/mol. The normalized spacial score (nSPS) is 38.3. The van der Waals surface area contributed by atoms with Crippen LogP contribution in [0.25, 0.3) is 0 Å². The zero-order valence-corrected chi connectivity index (χ0v) is 15.7. The zero-order valence-electron chi connectivity index (χ0n) is 15.7. The Labute approximate surface area is 142 Å². The Kier molecular flexibility index (Phi) is 5.11. The monoisotopic (exact) mass is 323 g/mol. The molecule has 0 aromatic carbocycles. The Balaban J connectivity index is 1.48. The van der Waals surface area contributed by atoms with Crippen molar-refractivity contribution >= 4 is 0 Å². The summed E-state index contributed by atoms with van der Waals surface area (Å²) in [5, 5.41) is 10.5. The number of fused-ring (bicyclic) bond motifs is 2.